The van der Waals surface area contributed by atoms with E-state index in [2.05, 4.69) is 5.32 Å². The Balaban J connectivity index is 2.22. The molecular formula is C16H23NO3. The number of hydrogen-bond acceptors (Lipinski definition) is 3. The summed E-state index contributed by atoms with van der Waals surface area (Å²) in [6.07, 6.45) is 1.12. The molecule has 4 heteroatoms. The second-order valence-corrected chi connectivity index (χ2v) is 5.35. The van der Waals surface area contributed by atoms with Gasteiger partial charge in [-0.3, -0.25) is 9.59 Å². The standard InChI is InChI=1S/C16H23NO3/c1-12(2)11-20-16(19)9-5-8-15(18)17-14-7-4-6-13(3)10-14/h4,6-7,10,12H,5,8-9,11H2,1-3H3,(H,17,18). The predicted octanol–water partition coefficient (Wildman–Crippen LogP) is 3.30. The van der Waals surface area contributed by atoms with E-state index in [1.807, 2.05) is 45.0 Å². The van der Waals surface area contributed by atoms with E-state index >= 15 is 0 Å². The second-order valence-electron chi connectivity index (χ2n) is 5.35. The first-order chi connectivity index (χ1) is 9.47. The van der Waals surface area contributed by atoms with E-state index < -0.39 is 0 Å². The van der Waals surface area contributed by atoms with Crippen molar-refractivity contribution in [3.05, 3.63) is 29.8 Å². The summed E-state index contributed by atoms with van der Waals surface area (Å²) >= 11 is 0. The van der Waals surface area contributed by atoms with Crippen molar-refractivity contribution in [2.45, 2.75) is 40.0 Å². The SMILES string of the molecule is Cc1cccc(NC(=O)CCCC(=O)OCC(C)C)c1. The minimum atomic E-state index is -0.234. The number of ether oxygens (including phenoxy) is 1. The van der Waals surface area contributed by atoms with Gasteiger partial charge in [-0.2, -0.15) is 0 Å². The maximum absolute atomic E-state index is 11.7. The fourth-order valence-electron chi connectivity index (χ4n) is 1.67. The highest BCUT2D eigenvalue weighted by molar-refractivity contribution is 5.90. The van der Waals surface area contributed by atoms with E-state index in [0.29, 0.717) is 25.4 Å². The van der Waals surface area contributed by atoms with Gasteiger partial charge in [-0.15, -0.1) is 0 Å². The van der Waals surface area contributed by atoms with E-state index in [4.69, 9.17) is 4.74 Å². The highest BCUT2D eigenvalue weighted by atomic mass is 16.5. The van der Waals surface area contributed by atoms with Crippen LogP contribution in [0.2, 0.25) is 0 Å². The molecule has 0 aliphatic heterocycles. The summed E-state index contributed by atoms with van der Waals surface area (Å²) in [5.41, 5.74) is 1.89. The summed E-state index contributed by atoms with van der Waals surface area (Å²) in [6.45, 7) is 6.39. The van der Waals surface area contributed by atoms with Crippen molar-refractivity contribution >= 4 is 17.6 Å². The number of nitrogens with one attached hydrogen (secondary N) is 1. The van der Waals surface area contributed by atoms with Gasteiger partial charge in [0.05, 0.1) is 6.61 Å². The normalized spacial score (nSPS) is 10.4. The molecule has 1 amide bonds. The summed E-state index contributed by atoms with van der Waals surface area (Å²) in [5, 5.41) is 2.82. The average Bonchev–Trinajstić information content (AvgIpc) is 2.36. The molecule has 0 bridgehead atoms. The molecule has 0 fully saturated rings. The fourth-order valence-corrected chi connectivity index (χ4v) is 1.67. The van der Waals surface area contributed by atoms with Gasteiger partial charge in [0.1, 0.15) is 0 Å². The van der Waals surface area contributed by atoms with Crippen LogP contribution in [-0.4, -0.2) is 18.5 Å². The number of anilines is 1. The zero-order valence-electron chi connectivity index (χ0n) is 12.4. The number of esters is 1. The summed E-state index contributed by atoms with van der Waals surface area (Å²) in [6, 6.07) is 7.63. The Hall–Kier alpha value is -1.84. The van der Waals surface area contributed by atoms with Crippen LogP contribution in [0.5, 0.6) is 0 Å². The van der Waals surface area contributed by atoms with E-state index in [0.717, 1.165) is 11.3 Å². The molecular weight excluding hydrogens is 254 g/mol. The Morgan fingerprint density at radius 3 is 2.65 bits per heavy atom. The van der Waals surface area contributed by atoms with Gasteiger partial charge in [0, 0.05) is 18.5 Å². The molecule has 0 atom stereocenters. The van der Waals surface area contributed by atoms with Crippen molar-refractivity contribution < 1.29 is 14.3 Å². The van der Waals surface area contributed by atoms with Gasteiger partial charge in [0.25, 0.3) is 0 Å². The lowest BCUT2D eigenvalue weighted by Gasteiger charge is -2.07. The fraction of sp³-hybridized carbons (Fsp3) is 0.500. The van der Waals surface area contributed by atoms with Crippen LogP contribution in [0, 0.1) is 12.8 Å². The molecule has 1 aromatic carbocycles. The first-order valence-corrected chi connectivity index (χ1v) is 6.99. The van der Waals surface area contributed by atoms with Crippen LogP contribution in [0.25, 0.3) is 0 Å². The zero-order chi connectivity index (χ0) is 15.0. The van der Waals surface area contributed by atoms with Gasteiger partial charge in [0.15, 0.2) is 0 Å². The number of carbonyl (C=O) groups excluding carboxylic acids is 2. The number of rotatable bonds is 7. The van der Waals surface area contributed by atoms with Crippen molar-refractivity contribution in [1.29, 1.82) is 0 Å². The summed E-state index contributed by atoms with van der Waals surface area (Å²) in [5.74, 6) is 0.0258. The molecule has 0 spiro atoms. The number of amides is 1. The first kappa shape index (κ1) is 16.2. The Labute approximate surface area is 120 Å². The van der Waals surface area contributed by atoms with Crippen LogP contribution in [0.4, 0.5) is 5.69 Å². The monoisotopic (exact) mass is 277 g/mol. The Bertz CT molecular complexity index is 455. The number of benzene rings is 1. The largest absolute Gasteiger partial charge is 0.465 e. The maximum Gasteiger partial charge on any atom is 0.305 e. The molecule has 1 N–H and O–H groups in total. The van der Waals surface area contributed by atoms with Crippen molar-refractivity contribution in [3.63, 3.8) is 0 Å². The Morgan fingerprint density at radius 2 is 2.00 bits per heavy atom. The number of hydrogen-bond donors (Lipinski definition) is 1. The van der Waals surface area contributed by atoms with Crippen LogP contribution in [0.1, 0.15) is 38.7 Å². The number of carbonyl (C=O) groups is 2. The molecule has 0 saturated carbocycles. The summed E-state index contributed by atoms with van der Waals surface area (Å²) in [7, 11) is 0. The first-order valence-electron chi connectivity index (χ1n) is 6.99. The molecule has 0 aliphatic rings. The van der Waals surface area contributed by atoms with Gasteiger partial charge in [0.2, 0.25) is 5.91 Å². The predicted molar refractivity (Wildman–Crippen MR) is 79.5 cm³/mol. The highest BCUT2D eigenvalue weighted by Gasteiger charge is 2.07. The van der Waals surface area contributed by atoms with Crippen molar-refractivity contribution in [1.82, 2.24) is 0 Å². The third kappa shape index (κ3) is 6.92. The van der Waals surface area contributed by atoms with Crippen LogP contribution >= 0.6 is 0 Å². The lowest BCUT2D eigenvalue weighted by Crippen LogP contribution is -2.13. The summed E-state index contributed by atoms with van der Waals surface area (Å²) < 4.78 is 5.05. The van der Waals surface area contributed by atoms with Crippen LogP contribution in [0.15, 0.2) is 24.3 Å². The van der Waals surface area contributed by atoms with Crippen molar-refractivity contribution in [2.24, 2.45) is 5.92 Å². The number of aryl methyl sites for hydroxylation is 1. The van der Waals surface area contributed by atoms with Crippen LogP contribution in [-0.2, 0) is 14.3 Å². The third-order valence-electron chi connectivity index (χ3n) is 2.66. The van der Waals surface area contributed by atoms with Gasteiger partial charge >= 0.3 is 5.97 Å². The van der Waals surface area contributed by atoms with Crippen LogP contribution < -0.4 is 5.32 Å². The molecule has 0 saturated heterocycles. The molecule has 0 aliphatic carbocycles. The van der Waals surface area contributed by atoms with Gasteiger partial charge in [-0.25, -0.2) is 0 Å². The Kier molecular flexibility index (Phi) is 6.77. The molecule has 4 nitrogen and oxygen atoms in total. The molecule has 20 heavy (non-hydrogen) atoms. The highest BCUT2D eigenvalue weighted by Crippen LogP contribution is 2.10. The maximum atomic E-state index is 11.7. The smallest absolute Gasteiger partial charge is 0.305 e. The van der Waals surface area contributed by atoms with Crippen molar-refractivity contribution in [2.75, 3.05) is 11.9 Å². The molecule has 0 aromatic heterocycles. The average molecular weight is 277 g/mol. The molecule has 0 unspecified atom stereocenters. The molecule has 1 rings (SSSR count). The van der Waals surface area contributed by atoms with Gasteiger partial charge < -0.3 is 10.1 Å². The van der Waals surface area contributed by atoms with E-state index in [1.165, 1.54) is 0 Å². The lowest BCUT2D eigenvalue weighted by molar-refractivity contribution is -0.144. The molecule has 0 heterocycles. The van der Waals surface area contributed by atoms with Gasteiger partial charge in [-0.1, -0.05) is 26.0 Å². The Morgan fingerprint density at radius 1 is 1.25 bits per heavy atom. The van der Waals surface area contributed by atoms with E-state index in [1.54, 1.807) is 0 Å². The quantitative estimate of drug-likeness (QED) is 0.778. The molecule has 1 aromatic rings. The molecule has 110 valence electrons. The molecule has 0 radical (unpaired) electrons. The topological polar surface area (TPSA) is 55.4 Å². The third-order valence-corrected chi connectivity index (χ3v) is 2.66. The van der Waals surface area contributed by atoms with Gasteiger partial charge in [-0.05, 0) is 37.0 Å². The van der Waals surface area contributed by atoms with Crippen molar-refractivity contribution in [3.8, 4) is 0 Å². The minimum Gasteiger partial charge on any atom is -0.465 e. The second kappa shape index (κ2) is 8.35. The minimum absolute atomic E-state index is 0.0766. The van der Waals surface area contributed by atoms with Crippen LogP contribution in [0.3, 0.4) is 0 Å². The van der Waals surface area contributed by atoms with E-state index in [-0.39, 0.29) is 18.3 Å². The summed E-state index contributed by atoms with van der Waals surface area (Å²) in [4.78, 5) is 23.1. The lowest BCUT2D eigenvalue weighted by atomic mass is 10.2. The zero-order valence-corrected chi connectivity index (χ0v) is 12.4. The van der Waals surface area contributed by atoms with E-state index in [9.17, 15) is 9.59 Å².